The summed E-state index contributed by atoms with van der Waals surface area (Å²) >= 11 is 5.95. The fraction of sp³-hybridized carbons (Fsp3) is 0.517. The maximum atomic E-state index is 12.4. The average Bonchev–Trinajstić information content (AvgIpc) is 2.82. The van der Waals surface area contributed by atoms with Gasteiger partial charge in [0.1, 0.15) is 5.75 Å². The van der Waals surface area contributed by atoms with Crippen molar-refractivity contribution in [1.29, 1.82) is 0 Å². The highest BCUT2D eigenvalue weighted by Crippen LogP contribution is 2.32. The molecule has 1 aliphatic rings. The fourth-order valence-electron chi connectivity index (χ4n) is 4.82. The van der Waals surface area contributed by atoms with E-state index < -0.39 is 0 Å². The van der Waals surface area contributed by atoms with E-state index in [4.69, 9.17) is 16.3 Å². The number of hydrogen-bond donors (Lipinski definition) is 1. The minimum Gasteiger partial charge on any atom is -0.496 e. The number of Topliss-reactive ketones (excluding diaryl/α,β-unsaturated/α-hetero) is 1. The standard InChI is InChI=1S/C18H27NO2.C11H13ClO/c1-4-5-14-7-9-15(10-8-14)18(20)19-16-11-6-13(2)17(12-16)21-3;1-4-9-7(2)5-6-10(12)11(9)8(3)13/h6,11-12,14-15H,4-5,7-10H2,1-3H3,(H,19,20);5-6H,4H2,1-3H3. The molecule has 0 atom stereocenters. The number of hydrogen-bond acceptors (Lipinski definition) is 3. The van der Waals surface area contributed by atoms with Crippen molar-refractivity contribution in [2.75, 3.05) is 12.4 Å². The summed E-state index contributed by atoms with van der Waals surface area (Å²) in [5.41, 5.74) is 4.80. The Kier molecular flexibility index (Phi) is 11.1. The number of amides is 1. The average molecular weight is 486 g/mol. The highest BCUT2D eigenvalue weighted by molar-refractivity contribution is 6.34. The molecule has 0 bridgehead atoms. The van der Waals surface area contributed by atoms with E-state index >= 15 is 0 Å². The van der Waals surface area contributed by atoms with Crippen molar-refractivity contribution in [3.8, 4) is 5.75 Å². The molecule has 186 valence electrons. The maximum absolute atomic E-state index is 12.4. The molecule has 1 saturated carbocycles. The monoisotopic (exact) mass is 485 g/mol. The number of carbonyl (C=O) groups excluding carboxylic acids is 2. The quantitative estimate of drug-likeness (QED) is 0.404. The minimum absolute atomic E-state index is 0.0468. The Hall–Kier alpha value is -2.33. The van der Waals surface area contributed by atoms with Crippen LogP contribution in [0.4, 0.5) is 5.69 Å². The molecule has 1 N–H and O–H groups in total. The zero-order chi connectivity index (χ0) is 25.3. The Bertz CT molecular complexity index is 978. The Morgan fingerprint density at radius 3 is 2.21 bits per heavy atom. The van der Waals surface area contributed by atoms with Crippen LogP contribution in [0.15, 0.2) is 30.3 Å². The van der Waals surface area contributed by atoms with Gasteiger partial charge in [-0.25, -0.2) is 0 Å². The van der Waals surface area contributed by atoms with Crippen LogP contribution in [0.2, 0.25) is 5.02 Å². The Balaban J connectivity index is 0.000000270. The molecular weight excluding hydrogens is 446 g/mol. The van der Waals surface area contributed by atoms with Crippen molar-refractivity contribution in [2.24, 2.45) is 11.8 Å². The second kappa shape index (κ2) is 13.5. The van der Waals surface area contributed by atoms with E-state index in [1.807, 2.05) is 45.0 Å². The molecule has 2 aromatic carbocycles. The molecule has 0 radical (unpaired) electrons. The predicted molar refractivity (Wildman–Crippen MR) is 142 cm³/mol. The van der Waals surface area contributed by atoms with Gasteiger partial charge in [-0.15, -0.1) is 0 Å². The van der Waals surface area contributed by atoms with Gasteiger partial charge in [0.25, 0.3) is 0 Å². The zero-order valence-corrected chi connectivity index (χ0v) is 22.3. The first kappa shape index (κ1) is 27.9. The zero-order valence-electron chi connectivity index (χ0n) is 21.6. The van der Waals surface area contributed by atoms with Crippen LogP contribution < -0.4 is 10.1 Å². The normalized spacial score (nSPS) is 17.4. The van der Waals surface area contributed by atoms with Crippen molar-refractivity contribution in [3.63, 3.8) is 0 Å². The predicted octanol–water partition coefficient (Wildman–Crippen LogP) is 7.96. The van der Waals surface area contributed by atoms with Crippen molar-refractivity contribution in [1.82, 2.24) is 0 Å². The number of aryl methyl sites for hydroxylation is 2. The number of methoxy groups -OCH3 is 1. The van der Waals surface area contributed by atoms with E-state index in [-0.39, 0.29) is 17.6 Å². The molecule has 1 fully saturated rings. The van der Waals surface area contributed by atoms with E-state index in [2.05, 4.69) is 12.2 Å². The van der Waals surface area contributed by atoms with E-state index in [1.165, 1.54) is 25.7 Å². The summed E-state index contributed by atoms with van der Waals surface area (Å²) in [7, 11) is 1.66. The van der Waals surface area contributed by atoms with Gasteiger partial charge in [-0.2, -0.15) is 0 Å². The van der Waals surface area contributed by atoms with Gasteiger partial charge in [-0.3, -0.25) is 9.59 Å². The van der Waals surface area contributed by atoms with Crippen LogP contribution in [0.5, 0.6) is 5.75 Å². The molecular formula is C29H40ClNO3. The molecule has 3 rings (SSSR count). The van der Waals surface area contributed by atoms with Gasteiger partial charge in [0.15, 0.2) is 5.78 Å². The van der Waals surface area contributed by atoms with Crippen molar-refractivity contribution in [2.45, 2.75) is 79.6 Å². The Morgan fingerprint density at radius 2 is 1.68 bits per heavy atom. The van der Waals surface area contributed by atoms with Gasteiger partial charge in [0.2, 0.25) is 5.91 Å². The second-order valence-electron chi connectivity index (χ2n) is 9.31. The molecule has 0 aromatic heterocycles. The molecule has 0 spiro atoms. The number of rotatable bonds is 7. The third-order valence-electron chi connectivity index (χ3n) is 6.79. The third kappa shape index (κ3) is 7.59. The van der Waals surface area contributed by atoms with E-state index in [9.17, 15) is 9.59 Å². The maximum Gasteiger partial charge on any atom is 0.227 e. The van der Waals surface area contributed by atoms with Crippen LogP contribution >= 0.6 is 11.6 Å². The summed E-state index contributed by atoms with van der Waals surface area (Å²) in [5.74, 6) is 2.03. The smallest absolute Gasteiger partial charge is 0.227 e. The first-order valence-corrected chi connectivity index (χ1v) is 12.8. The largest absolute Gasteiger partial charge is 0.496 e. The lowest BCUT2D eigenvalue weighted by Gasteiger charge is -2.27. The summed E-state index contributed by atoms with van der Waals surface area (Å²) in [6, 6.07) is 9.56. The van der Waals surface area contributed by atoms with Gasteiger partial charge >= 0.3 is 0 Å². The highest BCUT2D eigenvalue weighted by Gasteiger charge is 2.26. The molecule has 5 heteroatoms. The molecule has 0 saturated heterocycles. The lowest BCUT2D eigenvalue weighted by Crippen LogP contribution is -2.27. The number of carbonyl (C=O) groups is 2. The van der Waals surface area contributed by atoms with Crippen LogP contribution in [0, 0.1) is 25.7 Å². The third-order valence-corrected chi connectivity index (χ3v) is 7.11. The molecule has 4 nitrogen and oxygen atoms in total. The number of anilines is 1. The molecule has 34 heavy (non-hydrogen) atoms. The SMILES string of the molecule is CCCC1CCC(C(=O)Nc2ccc(C)c(OC)c2)CC1.CCc1c(C)ccc(Cl)c1C(C)=O. The van der Waals surface area contributed by atoms with E-state index in [1.54, 1.807) is 20.1 Å². The number of ether oxygens (including phenoxy) is 1. The van der Waals surface area contributed by atoms with Gasteiger partial charge in [-0.05, 0) is 87.6 Å². The number of halogens is 1. The summed E-state index contributed by atoms with van der Waals surface area (Å²) in [4.78, 5) is 23.7. The molecule has 1 aliphatic carbocycles. The van der Waals surface area contributed by atoms with E-state index in [0.29, 0.717) is 10.6 Å². The van der Waals surface area contributed by atoms with Gasteiger partial charge < -0.3 is 10.1 Å². The number of nitrogens with one attached hydrogen (secondary N) is 1. The molecule has 0 aliphatic heterocycles. The highest BCUT2D eigenvalue weighted by atomic mass is 35.5. The van der Waals surface area contributed by atoms with Gasteiger partial charge in [0.05, 0.1) is 12.1 Å². The first-order valence-electron chi connectivity index (χ1n) is 12.5. The molecule has 2 aromatic rings. The van der Waals surface area contributed by atoms with Crippen LogP contribution in [-0.2, 0) is 11.2 Å². The van der Waals surface area contributed by atoms with Gasteiger partial charge in [0, 0.05) is 23.2 Å². The summed E-state index contributed by atoms with van der Waals surface area (Å²) in [5, 5.41) is 3.61. The van der Waals surface area contributed by atoms with Crippen LogP contribution in [0.3, 0.4) is 0 Å². The summed E-state index contributed by atoms with van der Waals surface area (Å²) < 4.78 is 5.30. The minimum atomic E-state index is 0.0468. The summed E-state index contributed by atoms with van der Waals surface area (Å²) in [6.07, 6.45) is 7.86. The first-order chi connectivity index (χ1) is 16.2. The Labute approximate surface area is 210 Å². The van der Waals surface area contributed by atoms with Gasteiger partial charge in [-0.1, -0.05) is 50.4 Å². The number of benzene rings is 2. The van der Waals surface area contributed by atoms with Crippen molar-refractivity contribution in [3.05, 3.63) is 57.6 Å². The van der Waals surface area contributed by atoms with Crippen molar-refractivity contribution >= 4 is 29.0 Å². The second-order valence-corrected chi connectivity index (χ2v) is 9.71. The van der Waals surface area contributed by atoms with Crippen LogP contribution in [-0.4, -0.2) is 18.8 Å². The lowest BCUT2D eigenvalue weighted by molar-refractivity contribution is -0.121. The molecule has 0 heterocycles. The van der Waals surface area contributed by atoms with Crippen LogP contribution in [0.1, 0.15) is 86.3 Å². The summed E-state index contributed by atoms with van der Waals surface area (Å²) in [6.45, 7) is 9.83. The Morgan fingerprint density at radius 1 is 1.03 bits per heavy atom. The van der Waals surface area contributed by atoms with Crippen LogP contribution in [0.25, 0.3) is 0 Å². The topological polar surface area (TPSA) is 55.4 Å². The lowest BCUT2D eigenvalue weighted by atomic mass is 9.80. The fourth-order valence-corrected chi connectivity index (χ4v) is 5.13. The molecule has 0 unspecified atom stereocenters. The number of ketones is 1. The molecule has 1 amide bonds. The van der Waals surface area contributed by atoms with E-state index in [0.717, 1.165) is 53.3 Å². The van der Waals surface area contributed by atoms with Crippen molar-refractivity contribution < 1.29 is 14.3 Å².